The number of para-hydroxylation sites is 2. The number of fused-ring (bicyclic) bond motifs is 6. The molecule has 262 valence electrons. The van der Waals surface area contributed by atoms with Gasteiger partial charge in [0.15, 0.2) is 0 Å². The highest BCUT2D eigenvalue weighted by molar-refractivity contribution is 6.23. The SMILES string of the molecule is c1ccc(-n2c3ccccc3c3c(-c4cccc(N(c5ccc(-c6ccc7ccccc7c6)cc5)c5ccc6ccccc6c5)c4)c4ccccc4cc32)cc1. The summed E-state index contributed by atoms with van der Waals surface area (Å²) in [4.78, 5) is 2.40. The molecular formula is C54H36N2. The Morgan fingerprint density at radius 3 is 1.68 bits per heavy atom. The van der Waals surface area contributed by atoms with Gasteiger partial charge in [0.05, 0.1) is 11.0 Å². The second-order valence-corrected chi connectivity index (χ2v) is 14.6. The lowest BCUT2D eigenvalue weighted by Gasteiger charge is -2.27. The molecule has 0 N–H and O–H groups in total. The van der Waals surface area contributed by atoms with Crippen molar-refractivity contribution in [3.63, 3.8) is 0 Å². The van der Waals surface area contributed by atoms with E-state index in [1.807, 2.05) is 0 Å². The monoisotopic (exact) mass is 712 g/mol. The van der Waals surface area contributed by atoms with Crippen LogP contribution in [0.3, 0.4) is 0 Å². The van der Waals surface area contributed by atoms with Crippen LogP contribution in [0.2, 0.25) is 0 Å². The van der Waals surface area contributed by atoms with Crippen molar-refractivity contribution in [1.29, 1.82) is 0 Å². The summed E-state index contributed by atoms with van der Waals surface area (Å²) in [5, 5.41) is 9.90. The number of benzene rings is 10. The molecule has 0 radical (unpaired) electrons. The molecule has 0 fully saturated rings. The van der Waals surface area contributed by atoms with Crippen LogP contribution >= 0.6 is 0 Å². The fourth-order valence-electron chi connectivity index (χ4n) is 8.68. The van der Waals surface area contributed by atoms with Gasteiger partial charge in [-0.05, 0) is 121 Å². The van der Waals surface area contributed by atoms with E-state index in [2.05, 4.69) is 228 Å². The Morgan fingerprint density at radius 2 is 0.893 bits per heavy atom. The van der Waals surface area contributed by atoms with Crippen LogP contribution < -0.4 is 4.90 Å². The highest BCUT2D eigenvalue weighted by atomic mass is 15.1. The summed E-state index contributed by atoms with van der Waals surface area (Å²) >= 11 is 0. The van der Waals surface area contributed by atoms with Crippen LogP contribution in [-0.2, 0) is 0 Å². The number of hydrogen-bond acceptors (Lipinski definition) is 1. The largest absolute Gasteiger partial charge is 0.310 e. The zero-order valence-corrected chi connectivity index (χ0v) is 30.7. The molecule has 2 nitrogen and oxygen atoms in total. The topological polar surface area (TPSA) is 8.17 Å². The summed E-state index contributed by atoms with van der Waals surface area (Å²) in [6, 6.07) is 79.6. The van der Waals surface area contributed by atoms with Crippen molar-refractivity contribution in [2.24, 2.45) is 0 Å². The predicted octanol–water partition coefficient (Wildman–Crippen LogP) is 15.0. The van der Waals surface area contributed by atoms with Crippen molar-refractivity contribution in [1.82, 2.24) is 4.57 Å². The van der Waals surface area contributed by atoms with Gasteiger partial charge in [0, 0.05) is 33.5 Å². The molecule has 56 heavy (non-hydrogen) atoms. The van der Waals surface area contributed by atoms with Crippen LogP contribution in [0.25, 0.3) is 82.1 Å². The summed E-state index contributed by atoms with van der Waals surface area (Å²) in [6.07, 6.45) is 0. The van der Waals surface area contributed by atoms with Gasteiger partial charge in [-0.2, -0.15) is 0 Å². The van der Waals surface area contributed by atoms with E-state index in [1.165, 1.54) is 76.4 Å². The molecule has 0 amide bonds. The van der Waals surface area contributed by atoms with Gasteiger partial charge in [0.25, 0.3) is 0 Å². The first-order chi connectivity index (χ1) is 27.8. The minimum absolute atomic E-state index is 1.10. The number of nitrogens with zero attached hydrogens (tertiary/aromatic N) is 2. The molecule has 2 heteroatoms. The third kappa shape index (κ3) is 5.34. The van der Waals surface area contributed by atoms with Gasteiger partial charge < -0.3 is 9.47 Å². The van der Waals surface area contributed by atoms with Crippen molar-refractivity contribution in [3.05, 3.63) is 218 Å². The molecule has 1 aromatic heterocycles. The normalized spacial score (nSPS) is 11.6. The zero-order valence-electron chi connectivity index (χ0n) is 30.7. The molecule has 0 atom stereocenters. The first-order valence-corrected chi connectivity index (χ1v) is 19.3. The Labute approximate surface area is 325 Å². The molecule has 1 heterocycles. The maximum atomic E-state index is 2.42. The minimum atomic E-state index is 1.10. The van der Waals surface area contributed by atoms with Crippen molar-refractivity contribution >= 4 is 71.2 Å². The highest BCUT2D eigenvalue weighted by Crippen LogP contribution is 2.45. The Hall–Kier alpha value is -7.42. The van der Waals surface area contributed by atoms with Crippen molar-refractivity contribution in [2.75, 3.05) is 4.90 Å². The van der Waals surface area contributed by atoms with Gasteiger partial charge in [0.2, 0.25) is 0 Å². The van der Waals surface area contributed by atoms with Crippen LogP contribution in [0.1, 0.15) is 0 Å². The average molecular weight is 713 g/mol. The van der Waals surface area contributed by atoms with E-state index < -0.39 is 0 Å². The molecule has 0 saturated carbocycles. The lowest BCUT2D eigenvalue weighted by atomic mass is 9.92. The second-order valence-electron chi connectivity index (χ2n) is 14.6. The molecule has 0 aliphatic heterocycles. The third-order valence-corrected chi connectivity index (χ3v) is 11.3. The van der Waals surface area contributed by atoms with Crippen molar-refractivity contribution in [2.45, 2.75) is 0 Å². The van der Waals surface area contributed by atoms with Crippen LogP contribution in [0.15, 0.2) is 218 Å². The van der Waals surface area contributed by atoms with Crippen LogP contribution in [-0.4, -0.2) is 4.57 Å². The van der Waals surface area contributed by atoms with E-state index in [-0.39, 0.29) is 0 Å². The third-order valence-electron chi connectivity index (χ3n) is 11.3. The average Bonchev–Trinajstić information content (AvgIpc) is 3.59. The molecule has 11 aromatic rings. The summed E-state index contributed by atoms with van der Waals surface area (Å²) in [5.41, 5.74) is 11.7. The molecular weight excluding hydrogens is 677 g/mol. The fourth-order valence-corrected chi connectivity index (χ4v) is 8.68. The fraction of sp³-hybridized carbons (Fsp3) is 0. The first kappa shape index (κ1) is 32.0. The highest BCUT2D eigenvalue weighted by Gasteiger charge is 2.21. The first-order valence-electron chi connectivity index (χ1n) is 19.3. The number of hydrogen-bond donors (Lipinski definition) is 0. The quantitative estimate of drug-likeness (QED) is 0.167. The van der Waals surface area contributed by atoms with E-state index in [0.29, 0.717) is 0 Å². The predicted molar refractivity (Wildman–Crippen MR) is 239 cm³/mol. The smallest absolute Gasteiger partial charge is 0.0553 e. The molecule has 10 aromatic carbocycles. The van der Waals surface area contributed by atoms with Gasteiger partial charge in [0.1, 0.15) is 0 Å². The summed E-state index contributed by atoms with van der Waals surface area (Å²) in [7, 11) is 0. The van der Waals surface area contributed by atoms with Gasteiger partial charge in [-0.15, -0.1) is 0 Å². The Morgan fingerprint density at radius 1 is 0.304 bits per heavy atom. The van der Waals surface area contributed by atoms with E-state index in [4.69, 9.17) is 0 Å². The number of anilines is 3. The number of rotatable bonds is 6. The maximum absolute atomic E-state index is 2.42. The standard InChI is InChI=1S/C54H36N2/c1-2-19-45(20-3-1)56-51-24-11-10-23-50(51)54-52(56)36-43-17-8-9-22-49(43)53(54)44-18-12-21-47(35-44)55(48-32-29-38-14-5-7-16-41(38)34-48)46-30-27-39(28-31-46)42-26-25-37-13-4-6-15-40(37)33-42/h1-36H. The van der Waals surface area contributed by atoms with E-state index >= 15 is 0 Å². The Kier molecular flexibility index (Phi) is 7.53. The summed E-state index contributed by atoms with van der Waals surface area (Å²) in [6.45, 7) is 0. The van der Waals surface area contributed by atoms with Gasteiger partial charge in [-0.1, -0.05) is 152 Å². The van der Waals surface area contributed by atoms with Gasteiger partial charge in [-0.3, -0.25) is 0 Å². The number of aromatic nitrogens is 1. The Bertz CT molecular complexity index is 3250. The molecule has 0 unspecified atom stereocenters. The van der Waals surface area contributed by atoms with E-state index in [1.54, 1.807) is 0 Å². The van der Waals surface area contributed by atoms with Crippen LogP contribution in [0, 0.1) is 0 Å². The van der Waals surface area contributed by atoms with Gasteiger partial charge >= 0.3 is 0 Å². The van der Waals surface area contributed by atoms with E-state index in [0.717, 1.165) is 22.7 Å². The maximum Gasteiger partial charge on any atom is 0.0553 e. The minimum Gasteiger partial charge on any atom is -0.310 e. The summed E-state index contributed by atoms with van der Waals surface area (Å²) in [5.74, 6) is 0. The van der Waals surface area contributed by atoms with Crippen molar-refractivity contribution in [3.8, 4) is 27.9 Å². The molecule has 0 bridgehead atoms. The van der Waals surface area contributed by atoms with Gasteiger partial charge in [-0.25, -0.2) is 0 Å². The molecule has 0 aliphatic rings. The zero-order chi connectivity index (χ0) is 37.0. The molecule has 0 aliphatic carbocycles. The van der Waals surface area contributed by atoms with Crippen molar-refractivity contribution < 1.29 is 0 Å². The molecule has 0 spiro atoms. The van der Waals surface area contributed by atoms with Crippen LogP contribution in [0.5, 0.6) is 0 Å². The molecule has 0 saturated heterocycles. The summed E-state index contributed by atoms with van der Waals surface area (Å²) < 4.78 is 2.42. The molecule has 11 rings (SSSR count). The lowest BCUT2D eigenvalue weighted by molar-refractivity contribution is 1.18. The van der Waals surface area contributed by atoms with Crippen LogP contribution in [0.4, 0.5) is 17.1 Å². The second kappa shape index (κ2) is 13.2. The Balaban J connectivity index is 1.12. The lowest BCUT2D eigenvalue weighted by Crippen LogP contribution is -2.10. The van der Waals surface area contributed by atoms with E-state index in [9.17, 15) is 0 Å².